The number of esters is 1. The number of nitrogens with one attached hydrogen (secondary N) is 1. The fraction of sp³-hybridized carbons (Fsp3) is 0.389. The summed E-state index contributed by atoms with van der Waals surface area (Å²) in [5.74, 6) is -2.11. The summed E-state index contributed by atoms with van der Waals surface area (Å²) in [7, 11) is -3.85. The Hall–Kier alpha value is -2.27. The first-order chi connectivity index (χ1) is 13.6. The third kappa shape index (κ3) is 5.41. The fourth-order valence-corrected chi connectivity index (χ4v) is 4.35. The predicted octanol–water partition coefficient (Wildman–Crippen LogP) is 1.96. The number of hydrogen-bond donors (Lipinski definition) is 2. The Balaban J connectivity index is 2.25. The number of rotatable bonds is 7. The van der Waals surface area contributed by atoms with Crippen molar-refractivity contribution >= 4 is 39.1 Å². The fourth-order valence-electron chi connectivity index (χ4n) is 2.72. The molecule has 0 radical (unpaired) electrons. The minimum atomic E-state index is -3.85. The van der Waals surface area contributed by atoms with E-state index in [1.54, 1.807) is 0 Å². The molecule has 1 saturated heterocycles. The van der Waals surface area contributed by atoms with Gasteiger partial charge in [-0.25, -0.2) is 13.2 Å². The number of sulfonamides is 1. The molecule has 1 aromatic rings. The van der Waals surface area contributed by atoms with Crippen LogP contribution in [0.1, 0.15) is 24.2 Å². The molecule has 1 aromatic carbocycles. The largest absolute Gasteiger partial charge is 0.508 e. The molecule has 1 heterocycles. The normalized spacial score (nSPS) is 16.1. The van der Waals surface area contributed by atoms with Crippen molar-refractivity contribution in [3.05, 3.63) is 40.1 Å². The van der Waals surface area contributed by atoms with Crippen LogP contribution in [0.5, 0.6) is 0 Å². The number of aliphatic hydroxyl groups excluding tert-OH is 1. The lowest BCUT2D eigenvalue weighted by atomic mass is 10.1. The number of hydrogen-bond acceptors (Lipinski definition) is 8. The zero-order valence-electron chi connectivity index (χ0n) is 15.9. The van der Waals surface area contributed by atoms with Gasteiger partial charge in [-0.15, -0.1) is 0 Å². The molecule has 29 heavy (non-hydrogen) atoms. The average Bonchev–Trinajstić information content (AvgIpc) is 2.66. The lowest BCUT2D eigenvalue weighted by Gasteiger charge is -2.26. The van der Waals surface area contributed by atoms with Crippen LogP contribution in [0.2, 0.25) is 5.02 Å². The number of allylic oxidation sites excluding steroid dienone is 1. The molecule has 9 nitrogen and oxygen atoms in total. The van der Waals surface area contributed by atoms with Crippen molar-refractivity contribution in [1.82, 2.24) is 4.31 Å². The number of nitrogens with zero attached hydrogens (tertiary/aromatic N) is 1. The van der Waals surface area contributed by atoms with E-state index in [0.717, 1.165) is 6.07 Å². The number of halogens is 1. The van der Waals surface area contributed by atoms with Crippen molar-refractivity contribution in [2.75, 3.05) is 32.9 Å². The molecule has 2 N–H and O–H groups in total. The summed E-state index contributed by atoms with van der Waals surface area (Å²) in [6, 6.07) is 3.65. The Morgan fingerprint density at radius 3 is 2.45 bits per heavy atom. The highest BCUT2D eigenvalue weighted by molar-refractivity contribution is 7.89. The molecule has 0 amide bonds. The van der Waals surface area contributed by atoms with Gasteiger partial charge in [-0.3, -0.25) is 4.79 Å². The van der Waals surface area contributed by atoms with Crippen molar-refractivity contribution < 1.29 is 32.6 Å². The predicted molar refractivity (Wildman–Crippen MR) is 105 cm³/mol. The number of morpholine rings is 1. The molecule has 1 aliphatic rings. The molecule has 2 rings (SSSR count). The van der Waals surface area contributed by atoms with E-state index >= 15 is 0 Å². The quantitative estimate of drug-likeness (QED) is 0.284. The van der Waals surface area contributed by atoms with Gasteiger partial charge in [0.1, 0.15) is 12.4 Å². The van der Waals surface area contributed by atoms with E-state index in [1.165, 1.54) is 30.3 Å². The van der Waals surface area contributed by atoms with Crippen molar-refractivity contribution in [3.8, 4) is 0 Å². The molecule has 0 aliphatic carbocycles. The molecule has 1 aliphatic heterocycles. The van der Waals surface area contributed by atoms with Crippen LogP contribution in [-0.4, -0.2) is 68.2 Å². The summed E-state index contributed by atoms with van der Waals surface area (Å²) in [5.41, 5.74) is -0.639. The van der Waals surface area contributed by atoms with Crippen LogP contribution < -0.4 is 0 Å². The number of Topliss-reactive ketones (excluding diaryl/α,β-unsaturated/α-hetero) is 1. The lowest BCUT2D eigenvalue weighted by molar-refractivity contribution is -0.113. The van der Waals surface area contributed by atoms with Crippen LogP contribution >= 0.6 is 11.6 Å². The topological polar surface area (TPSA) is 134 Å². The summed E-state index contributed by atoms with van der Waals surface area (Å²) in [4.78, 5) is 23.8. The Labute approximate surface area is 173 Å². The number of ether oxygens (including phenoxy) is 2. The first-order valence-electron chi connectivity index (χ1n) is 8.59. The van der Waals surface area contributed by atoms with Crippen molar-refractivity contribution in [2.24, 2.45) is 0 Å². The standard InChI is InChI=1S/C18H21ClN2O7S/c1-11(20)17(12(2)22)16(23)10-28-18(24)14-9-13(3-4-15(14)19)29(25,26)21-5-7-27-8-6-21/h3-4,9,20,23H,5-8,10H2,1-2H3/b17-16-,20-11?. The molecule has 0 aromatic heterocycles. The summed E-state index contributed by atoms with van der Waals surface area (Å²) in [6.45, 7) is 2.76. The van der Waals surface area contributed by atoms with Gasteiger partial charge in [-0.05, 0) is 32.0 Å². The van der Waals surface area contributed by atoms with E-state index in [1.807, 2.05) is 0 Å². The lowest BCUT2D eigenvalue weighted by Crippen LogP contribution is -2.40. The zero-order chi connectivity index (χ0) is 21.8. The second-order valence-electron chi connectivity index (χ2n) is 6.24. The van der Waals surface area contributed by atoms with Gasteiger partial charge in [0.15, 0.2) is 5.78 Å². The Bertz CT molecular complexity index is 950. The van der Waals surface area contributed by atoms with Crippen LogP contribution in [0.3, 0.4) is 0 Å². The monoisotopic (exact) mass is 444 g/mol. The Morgan fingerprint density at radius 2 is 1.90 bits per heavy atom. The minimum absolute atomic E-state index is 0.0329. The molecular weight excluding hydrogens is 424 g/mol. The van der Waals surface area contributed by atoms with Gasteiger partial charge in [-0.2, -0.15) is 4.31 Å². The maximum absolute atomic E-state index is 12.7. The van der Waals surface area contributed by atoms with Crippen LogP contribution in [0.15, 0.2) is 34.4 Å². The van der Waals surface area contributed by atoms with E-state index in [2.05, 4.69) is 0 Å². The molecule has 0 bridgehead atoms. The third-order valence-corrected chi connectivity index (χ3v) is 6.35. The highest BCUT2D eigenvalue weighted by Gasteiger charge is 2.28. The molecule has 1 fully saturated rings. The maximum Gasteiger partial charge on any atom is 0.340 e. The third-order valence-electron chi connectivity index (χ3n) is 4.12. The first kappa shape index (κ1) is 23.0. The second kappa shape index (κ2) is 9.49. The molecular formula is C18H21ClN2O7S. The van der Waals surface area contributed by atoms with Crippen LogP contribution in [0, 0.1) is 5.41 Å². The second-order valence-corrected chi connectivity index (χ2v) is 8.58. The Morgan fingerprint density at radius 1 is 1.28 bits per heavy atom. The molecule has 0 saturated carbocycles. The summed E-state index contributed by atoms with van der Waals surface area (Å²) in [5, 5.41) is 17.4. The van der Waals surface area contributed by atoms with Crippen molar-refractivity contribution in [3.63, 3.8) is 0 Å². The number of ketones is 1. The van der Waals surface area contributed by atoms with Crippen LogP contribution in [0.4, 0.5) is 0 Å². The maximum atomic E-state index is 12.7. The van der Waals surface area contributed by atoms with Gasteiger partial charge in [0, 0.05) is 18.8 Å². The van der Waals surface area contributed by atoms with Gasteiger partial charge in [0.2, 0.25) is 10.0 Å². The van der Waals surface area contributed by atoms with Crippen LogP contribution in [-0.2, 0) is 24.3 Å². The van der Waals surface area contributed by atoms with E-state index in [4.69, 9.17) is 26.5 Å². The number of carbonyl (C=O) groups excluding carboxylic acids is 2. The molecule has 0 atom stereocenters. The summed E-state index contributed by atoms with van der Waals surface area (Å²) >= 11 is 6.01. The van der Waals surface area contributed by atoms with E-state index < -0.39 is 34.1 Å². The first-order valence-corrected chi connectivity index (χ1v) is 10.4. The van der Waals surface area contributed by atoms with E-state index in [-0.39, 0.29) is 53.1 Å². The van der Waals surface area contributed by atoms with Gasteiger partial charge in [0.05, 0.1) is 34.3 Å². The number of carbonyl (C=O) groups is 2. The highest BCUT2D eigenvalue weighted by atomic mass is 35.5. The van der Waals surface area contributed by atoms with Gasteiger partial charge < -0.3 is 20.0 Å². The van der Waals surface area contributed by atoms with Gasteiger partial charge >= 0.3 is 5.97 Å². The smallest absolute Gasteiger partial charge is 0.340 e. The molecule has 0 spiro atoms. The Kier molecular flexibility index (Phi) is 7.53. The van der Waals surface area contributed by atoms with E-state index in [0.29, 0.717) is 0 Å². The SMILES string of the molecule is CC(=N)/C(C(C)=O)=C(/O)COC(=O)c1cc(S(=O)(=O)N2CCOCC2)ccc1Cl. The minimum Gasteiger partial charge on any atom is -0.508 e. The summed E-state index contributed by atoms with van der Waals surface area (Å²) in [6.07, 6.45) is 0. The van der Waals surface area contributed by atoms with Gasteiger partial charge in [0.25, 0.3) is 0 Å². The highest BCUT2D eigenvalue weighted by Crippen LogP contribution is 2.24. The zero-order valence-corrected chi connectivity index (χ0v) is 17.5. The van der Waals surface area contributed by atoms with Crippen molar-refractivity contribution in [2.45, 2.75) is 18.7 Å². The van der Waals surface area contributed by atoms with Crippen molar-refractivity contribution in [1.29, 1.82) is 5.41 Å². The summed E-state index contributed by atoms with van der Waals surface area (Å²) < 4.78 is 36.8. The van der Waals surface area contributed by atoms with Crippen LogP contribution in [0.25, 0.3) is 0 Å². The average molecular weight is 445 g/mol. The number of benzene rings is 1. The molecule has 0 unspecified atom stereocenters. The molecule has 158 valence electrons. The van der Waals surface area contributed by atoms with E-state index in [9.17, 15) is 23.1 Å². The van der Waals surface area contributed by atoms with Gasteiger partial charge in [-0.1, -0.05) is 11.6 Å². The number of aliphatic hydroxyl groups is 1. The molecule has 11 heteroatoms.